The number of rotatable bonds is 4. The Morgan fingerprint density at radius 2 is 0.770 bits per heavy atom. The SMILES string of the molecule is CC(C)(C)C(=O)N1C[C@H](F)C[C@H]1C(=O)O.CC(C)(C)C(=O)N1C[C@H](F)C[C@H]1C(=O)O.C[C@@H]1[C@@H](C(=O)O)N(C(=O)C(C)(C)C)C[C@@H]1F.C[C@H]1CCN(C(=O)C(C)(C)C)[C@@H]1C(=O)O. The highest BCUT2D eigenvalue weighted by atomic mass is 19.1. The van der Waals surface area contributed by atoms with Crippen molar-refractivity contribution in [2.75, 3.05) is 26.2 Å². The Bertz CT molecular complexity index is 1540. The van der Waals surface area contributed by atoms with E-state index in [4.69, 9.17) is 20.4 Å². The highest BCUT2D eigenvalue weighted by Gasteiger charge is 2.49. The summed E-state index contributed by atoms with van der Waals surface area (Å²) in [6.45, 7) is 24.4. The van der Waals surface area contributed by atoms with Crippen LogP contribution in [-0.2, 0) is 38.4 Å². The van der Waals surface area contributed by atoms with Gasteiger partial charge in [0, 0.05) is 47.0 Å². The lowest BCUT2D eigenvalue weighted by Crippen LogP contribution is -2.47. The smallest absolute Gasteiger partial charge is 0.326 e. The molecule has 4 saturated heterocycles. The highest BCUT2D eigenvalue weighted by Crippen LogP contribution is 2.32. The van der Waals surface area contributed by atoms with Crippen LogP contribution in [0.15, 0.2) is 0 Å². The fourth-order valence-electron chi connectivity index (χ4n) is 7.28. The second kappa shape index (κ2) is 20.6. The lowest BCUT2D eigenvalue weighted by atomic mass is 9.93. The predicted molar refractivity (Wildman–Crippen MR) is 217 cm³/mol. The van der Waals surface area contributed by atoms with Crippen LogP contribution in [0.25, 0.3) is 0 Å². The van der Waals surface area contributed by atoms with Crippen LogP contribution in [0.5, 0.6) is 0 Å². The van der Waals surface area contributed by atoms with Crippen LogP contribution in [0, 0.1) is 33.5 Å². The van der Waals surface area contributed by atoms with Crippen molar-refractivity contribution in [2.45, 2.75) is 159 Å². The molecule has 0 radical (unpaired) electrons. The quantitative estimate of drug-likeness (QED) is 0.300. The molecule has 4 rings (SSSR count). The Balaban J connectivity index is 0.000000407. The van der Waals surface area contributed by atoms with Crippen LogP contribution < -0.4 is 0 Å². The number of halogens is 3. The van der Waals surface area contributed by atoms with Gasteiger partial charge in [0.15, 0.2) is 0 Å². The zero-order valence-corrected chi connectivity index (χ0v) is 38.1. The van der Waals surface area contributed by atoms with Gasteiger partial charge in [-0.1, -0.05) is 96.9 Å². The minimum Gasteiger partial charge on any atom is -0.480 e. The third-order valence-electron chi connectivity index (χ3n) is 10.7. The number of carbonyl (C=O) groups is 8. The van der Waals surface area contributed by atoms with Crippen molar-refractivity contribution in [1.29, 1.82) is 0 Å². The number of carbonyl (C=O) groups excluding carboxylic acids is 4. The van der Waals surface area contributed by atoms with Crippen LogP contribution >= 0.6 is 0 Å². The van der Waals surface area contributed by atoms with E-state index in [0.29, 0.717) is 6.54 Å². The number of carboxylic acids is 4. The molecule has 0 aromatic carbocycles. The predicted octanol–water partition coefficient (Wildman–Crippen LogP) is 4.77. The molecule has 0 spiro atoms. The minimum atomic E-state index is -1.26. The van der Waals surface area contributed by atoms with Gasteiger partial charge >= 0.3 is 23.9 Å². The normalized spacial score (nSPS) is 27.8. The lowest BCUT2D eigenvalue weighted by molar-refractivity contribution is -0.152. The van der Waals surface area contributed by atoms with Gasteiger partial charge in [-0.2, -0.15) is 0 Å². The number of carboxylic acid groups (broad SMARTS) is 4. The Morgan fingerprint density at radius 3 is 1.07 bits per heavy atom. The van der Waals surface area contributed by atoms with Crippen molar-refractivity contribution < 1.29 is 72.0 Å². The molecule has 4 heterocycles. The third-order valence-corrected chi connectivity index (χ3v) is 10.7. The molecule has 0 aromatic rings. The van der Waals surface area contributed by atoms with Gasteiger partial charge < -0.3 is 40.0 Å². The van der Waals surface area contributed by atoms with Gasteiger partial charge in [0.2, 0.25) is 23.6 Å². The van der Waals surface area contributed by atoms with E-state index in [1.807, 2.05) is 27.7 Å². The van der Waals surface area contributed by atoms with Crippen molar-refractivity contribution in [3.63, 3.8) is 0 Å². The average molecular weight is 879 g/mol. The second-order valence-corrected chi connectivity index (χ2v) is 20.5. The highest BCUT2D eigenvalue weighted by molar-refractivity contribution is 5.89. The van der Waals surface area contributed by atoms with E-state index in [0.717, 1.165) is 21.1 Å². The summed E-state index contributed by atoms with van der Waals surface area (Å²) < 4.78 is 39.6. The van der Waals surface area contributed by atoms with Crippen LogP contribution in [-0.4, -0.2) is 156 Å². The first kappa shape index (κ1) is 54.6. The van der Waals surface area contributed by atoms with Gasteiger partial charge in [-0.25, -0.2) is 32.3 Å². The number of nitrogens with zero attached hydrogens (tertiary/aromatic N) is 4. The summed E-state index contributed by atoms with van der Waals surface area (Å²) in [7, 11) is 0. The molecule has 350 valence electrons. The van der Waals surface area contributed by atoms with Crippen molar-refractivity contribution in [3.8, 4) is 0 Å². The summed E-state index contributed by atoms with van der Waals surface area (Å²) in [5.41, 5.74) is -2.52. The Kier molecular flexibility index (Phi) is 18.4. The summed E-state index contributed by atoms with van der Waals surface area (Å²) in [6.07, 6.45) is -3.13. The molecule has 4 N–H and O–H groups in total. The summed E-state index contributed by atoms with van der Waals surface area (Å²) in [5, 5.41) is 35.8. The fourth-order valence-corrected chi connectivity index (χ4v) is 7.28. The molecule has 61 heavy (non-hydrogen) atoms. The number of likely N-dealkylation sites (tertiary alicyclic amines) is 4. The van der Waals surface area contributed by atoms with E-state index in [2.05, 4.69) is 0 Å². The Morgan fingerprint density at radius 1 is 0.459 bits per heavy atom. The maximum Gasteiger partial charge on any atom is 0.326 e. The molecule has 9 atom stereocenters. The topological polar surface area (TPSA) is 230 Å². The summed E-state index contributed by atoms with van der Waals surface area (Å²) >= 11 is 0. The van der Waals surface area contributed by atoms with E-state index in [1.165, 1.54) is 11.8 Å². The monoisotopic (exact) mass is 878 g/mol. The molecule has 0 aliphatic carbocycles. The van der Waals surface area contributed by atoms with E-state index in [9.17, 15) is 51.5 Å². The van der Waals surface area contributed by atoms with Gasteiger partial charge in [-0.05, 0) is 12.3 Å². The van der Waals surface area contributed by atoms with E-state index >= 15 is 0 Å². The second-order valence-electron chi connectivity index (χ2n) is 20.5. The molecular weight excluding hydrogens is 809 g/mol. The molecule has 4 fully saturated rings. The largest absolute Gasteiger partial charge is 0.480 e. The van der Waals surface area contributed by atoms with Crippen LogP contribution in [0.2, 0.25) is 0 Å². The average Bonchev–Trinajstić information content (AvgIpc) is 3.86. The summed E-state index contributed by atoms with van der Waals surface area (Å²) in [6, 6.07) is -3.70. The maximum absolute atomic E-state index is 13.5. The Hall–Kier alpha value is -4.45. The fraction of sp³-hybridized carbons (Fsp3) is 0.810. The van der Waals surface area contributed by atoms with Crippen molar-refractivity contribution in [1.82, 2.24) is 19.6 Å². The number of hydrogen-bond acceptors (Lipinski definition) is 8. The summed E-state index contributed by atoms with van der Waals surface area (Å²) in [4.78, 5) is 96.3. The Labute approximate surface area is 357 Å². The molecular formula is C42H69F3N4O12. The molecule has 19 heteroatoms. The first-order valence-corrected chi connectivity index (χ1v) is 20.4. The molecule has 4 aliphatic rings. The molecule has 4 aliphatic heterocycles. The molecule has 0 bridgehead atoms. The molecule has 0 saturated carbocycles. The van der Waals surface area contributed by atoms with Crippen molar-refractivity contribution in [2.24, 2.45) is 33.5 Å². The zero-order chi connectivity index (χ0) is 48.1. The van der Waals surface area contributed by atoms with E-state index in [1.54, 1.807) is 62.3 Å². The number of amides is 4. The first-order valence-electron chi connectivity index (χ1n) is 20.4. The van der Waals surface area contributed by atoms with Gasteiger partial charge in [0.25, 0.3) is 0 Å². The molecule has 16 nitrogen and oxygen atoms in total. The number of alkyl halides is 3. The van der Waals surface area contributed by atoms with Crippen LogP contribution in [0.1, 0.15) is 116 Å². The van der Waals surface area contributed by atoms with E-state index in [-0.39, 0.29) is 62.0 Å². The molecule has 4 amide bonds. The standard InChI is InChI=1S/C11H18FNO3.C11H19NO3.2C10H16FNO3/c1-6-7(12)5-13(8(6)9(14)15)10(16)11(2,3)4;1-7-5-6-12(8(7)9(13)14)10(15)11(2,3)4;2*1-10(2,3)9(15)12-5-6(11)4-7(12)8(13)14/h6-8H,5H2,1-4H3,(H,14,15);7-8H,5-6H2,1-4H3,(H,13,14);2*6-7H,4-5H2,1-3H3,(H,13,14)/t6-,7-,8-;7-,8-;2*6-,7+/m0011/s1. The minimum absolute atomic E-state index is 0.0498. The van der Waals surface area contributed by atoms with Gasteiger partial charge in [0.05, 0.1) is 19.6 Å². The van der Waals surface area contributed by atoms with Gasteiger partial charge in [0.1, 0.15) is 42.7 Å². The van der Waals surface area contributed by atoms with Crippen LogP contribution in [0.4, 0.5) is 13.2 Å². The van der Waals surface area contributed by atoms with Gasteiger partial charge in [-0.3, -0.25) is 19.2 Å². The van der Waals surface area contributed by atoms with Crippen molar-refractivity contribution >= 4 is 47.5 Å². The molecule has 0 unspecified atom stereocenters. The summed E-state index contributed by atoms with van der Waals surface area (Å²) in [5.74, 6) is -5.89. The lowest BCUT2D eigenvalue weighted by Gasteiger charge is -2.29. The maximum atomic E-state index is 13.5. The van der Waals surface area contributed by atoms with Gasteiger partial charge in [-0.15, -0.1) is 0 Å². The van der Waals surface area contributed by atoms with Crippen molar-refractivity contribution in [3.05, 3.63) is 0 Å². The van der Waals surface area contributed by atoms with Crippen LogP contribution in [0.3, 0.4) is 0 Å². The third kappa shape index (κ3) is 14.6. The number of aliphatic carboxylic acids is 4. The number of hydrogen-bond donors (Lipinski definition) is 4. The zero-order valence-electron chi connectivity index (χ0n) is 38.1. The molecule has 0 aromatic heterocycles. The van der Waals surface area contributed by atoms with E-state index < -0.39 is 94.1 Å². The first-order chi connectivity index (χ1) is 27.4.